The molecule has 2 aromatic rings. The molecule has 0 spiro atoms. The molecular weight excluding hydrogens is 458 g/mol. The Morgan fingerprint density at radius 3 is 2.09 bits per heavy atom. The first-order valence-corrected chi connectivity index (χ1v) is 11.0. The fourth-order valence-electron chi connectivity index (χ4n) is 3.05. The molecule has 1 saturated heterocycles. The van der Waals surface area contributed by atoms with Gasteiger partial charge >= 0.3 is 11.9 Å². The van der Waals surface area contributed by atoms with Crippen LogP contribution in [0.5, 0.6) is 5.75 Å². The smallest absolute Gasteiger partial charge is 0.414 e. The third kappa shape index (κ3) is 7.24. The number of non-ortho nitro benzene ring substituents is 1. The standard InChI is InChI=1S/C18H21N3O5S.C2H2O4/c1-26-17-4-2-3-15(13-17)14-19-9-11-20(12-10-19)27(24,25)18-7-5-16(6-8-18)21(22)23;3-1(4)2(5)6/h2-8,13H,9-12,14H2,1H3;(H,3,4)(H,5,6). The van der Waals surface area contributed by atoms with Crippen molar-refractivity contribution in [2.24, 2.45) is 0 Å². The van der Waals surface area contributed by atoms with E-state index in [0.717, 1.165) is 17.9 Å². The van der Waals surface area contributed by atoms with Gasteiger partial charge in [0.15, 0.2) is 0 Å². The average molecular weight is 481 g/mol. The summed E-state index contributed by atoms with van der Waals surface area (Å²) in [5.74, 6) is -2.85. The number of aliphatic carboxylic acids is 2. The van der Waals surface area contributed by atoms with E-state index >= 15 is 0 Å². The van der Waals surface area contributed by atoms with Crippen LogP contribution in [0.3, 0.4) is 0 Å². The number of nitro groups is 1. The topological polar surface area (TPSA) is 168 Å². The van der Waals surface area contributed by atoms with Gasteiger partial charge in [-0.2, -0.15) is 4.31 Å². The highest BCUT2D eigenvalue weighted by Crippen LogP contribution is 2.21. The lowest BCUT2D eigenvalue weighted by Gasteiger charge is -2.34. The van der Waals surface area contributed by atoms with Crippen molar-refractivity contribution in [1.29, 1.82) is 0 Å². The molecule has 13 heteroatoms. The predicted molar refractivity (Wildman–Crippen MR) is 115 cm³/mol. The molecule has 33 heavy (non-hydrogen) atoms. The Kier molecular flexibility index (Phi) is 8.85. The molecule has 3 rings (SSSR count). The molecule has 2 N–H and O–H groups in total. The monoisotopic (exact) mass is 481 g/mol. The number of nitro benzene ring substituents is 1. The zero-order chi connectivity index (χ0) is 24.6. The van der Waals surface area contributed by atoms with Crippen LogP contribution in [-0.4, -0.2) is 78.0 Å². The minimum atomic E-state index is -3.65. The highest BCUT2D eigenvalue weighted by molar-refractivity contribution is 7.89. The first-order chi connectivity index (χ1) is 15.5. The van der Waals surface area contributed by atoms with Gasteiger partial charge in [0.05, 0.1) is 16.9 Å². The first kappa shape index (κ1) is 25.7. The normalized spacial score (nSPS) is 14.6. The molecule has 2 aromatic carbocycles. The highest BCUT2D eigenvalue weighted by atomic mass is 32.2. The number of hydrogen-bond donors (Lipinski definition) is 2. The average Bonchev–Trinajstić information content (AvgIpc) is 2.80. The molecule has 0 unspecified atom stereocenters. The van der Waals surface area contributed by atoms with Gasteiger partial charge in [0.2, 0.25) is 10.0 Å². The maximum atomic E-state index is 12.7. The van der Waals surface area contributed by atoms with Crippen LogP contribution in [0.25, 0.3) is 0 Å². The summed E-state index contributed by atoms with van der Waals surface area (Å²) in [4.78, 5) is 30.6. The number of piperazine rings is 1. The highest BCUT2D eigenvalue weighted by Gasteiger charge is 2.28. The molecule has 0 aromatic heterocycles. The second kappa shape index (κ2) is 11.4. The van der Waals surface area contributed by atoms with Gasteiger partial charge in [-0.3, -0.25) is 15.0 Å². The SMILES string of the molecule is COc1cccc(CN2CCN(S(=O)(=O)c3ccc([N+](=O)[O-])cc3)CC2)c1.O=C(O)C(=O)O. The summed E-state index contributed by atoms with van der Waals surface area (Å²) in [6.45, 7) is 2.71. The Balaban J connectivity index is 0.000000569. The number of carboxylic acids is 2. The Morgan fingerprint density at radius 2 is 1.61 bits per heavy atom. The van der Waals surface area contributed by atoms with E-state index in [2.05, 4.69) is 4.90 Å². The lowest BCUT2D eigenvalue weighted by Crippen LogP contribution is -2.48. The Morgan fingerprint density at radius 1 is 1.03 bits per heavy atom. The van der Waals surface area contributed by atoms with Crippen molar-refractivity contribution < 1.29 is 37.9 Å². The zero-order valence-corrected chi connectivity index (χ0v) is 18.5. The van der Waals surface area contributed by atoms with Crippen molar-refractivity contribution in [3.05, 3.63) is 64.2 Å². The number of benzene rings is 2. The number of ether oxygens (including phenoxy) is 1. The number of nitrogens with zero attached hydrogens (tertiary/aromatic N) is 3. The third-order valence-electron chi connectivity index (χ3n) is 4.74. The molecule has 1 aliphatic rings. The van der Waals surface area contributed by atoms with Crippen molar-refractivity contribution in [3.63, 3.8) is 0 Å². The summed E-state index contributed by atoms with van der Waals surface area (Å²) in [6, 6.07) is 12.8. The summed E-state index contributed by atoms with van der Waals surface area (Å²) < 4.78 is 32.1. The first-order valence-electron chi connectivity index (χ1n) is 9.60. The fourth-order valence-corrected chi connectivity index (χ4v) is 4.47. The molecule has 0 aliphatic carbocycles. The van der Waals surface area contributed by atoms with Gasteiger partial charge in [-0.15, -0.1) is 0 Å². The van der Waals surface area contributed by atoms with Crippen LogP contribution < -0.4 is 4.74 Å². The van der Waals surface area contributed by atoms with E-state index in [1.54, 1.807) is 7.11 Å². The second-order valence-corrected chi connectivity index (χ2v) is 8.83. The van der Waals surface area contributed by atoms with Crippen molar-refractivity contribution in [2.75, 3.05) is 33.3 Å². The van der Waals surface area contributed by atoms with Crippen LogP contribution >= 0.6 is 0 Å². The maximum absolute atomic E-state index is 12.7. The minimum Gasteiger partial charge on any atom is -0.497 e. The largest absolute Gasteiger partial charge is 0.497 e. The minimum absolute atomic E-state index is 0.0781. The number of hydrogen-bond acceptors (Lipinski definition) is 8. The predicted octanol–water partition coefficient (Wildman–Crippen LogP) is 1.27. The Hall–Kier alpha value is -3.55. The third-order valence-corrected chi connectivity index (χ3v) is 6.65. The Bertz CT molecular complexity index is 1080. The molecule has 178 valence electrons. The lowest BCUT2D eigenvalue weighted by atomic mass is 10.2. The van der Waals surface area contributed by atoms with E-state index < -0.39 is 26.9 Å². The van der Waals surface area contributed by atoms with Gasteiger partial charge < -0.3 is 14.9 Å². The van der Waals surface area contributed by atoms with Gasteiger partial charge in [0, 0.05) is 44.9 Å². The molecule has 0 amide bonds. The Labute approximate surface area is 189 Å². The maximum Gasteiger partial charge on any atom is 0.414 e. The van der Waals surface area contributed by atoms with Crippen LogP contribution in [0.2, 0.25) is 0 Å². The number of sulfonamides is 1. The van der Waals surface area contributed by atoms with E-state index in [4.69, 9.17) is 24.5 Å². The van der Waals surface area contributed by atoms with Crippen LogP contribution in [0.15, 0.2) is 53.4 Å². The van der Waals surface area contributed by atoms with Crippen molar-refractivity contribution >= 4 is 27.6 Å². The van der Waals surface area contributed by atoms with Gasteiger partial charge in [0.1, 0.15) is 5.75 Å². The molecule has 0 bridgehead atoms. The van der Waals surface area contributed by atoms with E-state index in [-0.39, 0.29) is 10.6 Å². The molecular formula is C20H23N3O9S. The van der Waals surface area contributed by atoms with E-state index in [1.807, 2.05) is 24.3 Å². The fraction of sp³-hybridized carbons (Fsp3) is 0.300. The molecule has 1 aliphatic heterocycles. The molecule has 1 heterocycles. The second-order valence-electron chi connectivity index (χ2n) is 6.89. The quantitative estimate of drug-likeness (QED) is 0.348. The molecule has 0 atom stereocenters. The number of carboxylic acid groups (broad SMARTS) is 2. The van der Waals surface area contributed by atoms with Crippen LogP contribution in [0.4, 0.5) is 5.69 Å². The van der Waals surface area contributed by atoms with Crippen molar-refractivity contribution in [1.82, 2.24) is 9.21 Å². The van der Waals surface area contributed by atoms with E-state index in [0.29, 0.717) is 26.2 Å². The molecule has 0 radical (unpaired) electrons. The van der Waals surface area contributed by atoms with Crippen LogP contribution in [0.1, 0.15) is 5.56 Å². The number of carbonyl (C=O) groups is 2. The van der Waals surface area contributed by atoms with E-state index in [9.17, 15) is 18.5 Å². The van der Waals surface area contributed by atoms with Crippen LogP contribution in [-0.2, 0) is 26.2 Å². The number of methoxy groups -OCH3 is 1. The molecule has 12 nitrogen and oxygen atoms in total. The summed E-state index contributed by atoms with van der Waals surface area (Å²) in [5, 5.41) is 25.5. The summed E-state index contributed by atoms with van der Waals surface area (Å²) in [6.07, 6.45) is 0. The lowest BCUT2D eigenvalue weighted by molar-refractivity contribution is -0.384. The summed E-state index contributed by atoms with van der Waals surface area (Å²) in [5.41, 5.74) is 0.984. The van der Waals surface area contributed by atoms with Gasteiger partial charge in [0.25, 0.3) is 5.69 Å². The van der Waals surface area contributed by atoms with Gasteiger partial charge in [-0.25, -0.2) is 18.0 Å². The van der Waals surface area contributed by atoms with Crippen molar-refractivity contribution in [3.8, 4) is 5.75 Å². The van der Waals surface area contributed by atoms with E-state index in [1.165, 1.54) is 28.6 Å². The molecule has 1 fully saturated rings. The van der Waals surface area contributed by atoms with Gasteiger partial charge in [-0.05, 0) is 29.8 Å². The molecule has 0 saturated carbocycles. The summed E-state index contributed by atoms with van der Waals surface area (Å²) >= 11 is 0. The number of rotatable bonds is 6. The summed E-state index contributed by atoms with van der Waals surface area (Å²) in [7, 11) is -2.02. The van der Waals surface area contributed by atoms with Crippen LogP contribution in [0, 0.1) is 10.1 Å². The zero-order valence-electron chi connectivity index (χ0n) is 17.7. The van der Waals surface area contributed by atoms with Crippen molar-refractivity contribution in [2.45, 2.75) is 11.4 Å². The van der Waals surface area contributed by atoms with Gasteiger partial charge in [-0.1, -0.05) is 12.1 Å².